The molecule has 8 heteroatoms. The molecule has 0 heterocycles. The summed E-state index contributed by atoms with van der Waals surface area (Å²) in [6, 6.07) is 8.50. The third-order valence-corrected chi connectivity index (χ3v) is 3.67. The van der Waals surface area contributed by atoms with Gasteiger partial charge in [0.2, 0.25) is 0 Å². The fourth-order valence-corrected chi connectivity index (χ4v) is 2.27. The van der Waals surface area contributed by atoms with Crippen LogP contribution in [0.25, 0.3) is 0 Å². The number of nitro groups is 1. The van der Waals surface area contributed by atoms with Crippen molar-refractivity contribution in [1.29, 1.82) is 0 Å². The number of urea groups is 1. The highest BCUT2D eigenvalue weighted by molar-refractivity contribution is 5.74. The molecule has 1 atom stereocenters. The van der Waals surface area contributed by atoms with Crippen LogP contribution in [0.2, 0.25) is 0 Å². The monoisotopic (exact) mass is 349 g/mol. The molecule has 0 unspecified atom stereocenters. The fraction of sp³-hybridized carbons (Fsp3) is 0.235. The molecule has 0 saturated heterocycles. The van der Waals surface area contributed by atoms with E-state index in [-0.39, 0.29) is 12.2 Å². The number of nitrogens with zero attached hydrogens (tertiary/aromatic N) is 2. The van der Waals surface area contributed by atoms with Gasteiger partial charge in [0.05, 0.1) is 11.0 Å². The molecule has 1 N–H and O–H groups in total. The Morgan fingerprint density at radius 1 is 1.24 bits per heavy atom. The van der Waals surface area contributed by atoms with Crippen molar-refractivity contribution < 1.29 is 18.5 Å². The summed E-state index contributed by atoms with van der Waals surface area (Å²) in [6.07, 6.45) is 0. The van der Waals surface area contributed by atoms with Gasteiger partial charge in [-0.25, -0.2) is 13.6 Å². The molecule has 2 aromatic carbocycles. The van der Waals surface area contributed by atoms with E-state index >= 15 is 0 Å². The molecule has 0 aliphatic carbocycles. The summed E-state index contributed by atoms with van der Waals surface area (Å²) in [5, 5.41) is 13.5. The van der Waals surface area contributed by atoms with Crippen LogP contribution in [0.5, 0.6) is 0 Å². The molecule has 25 heavy (non-hydrogen) atoms. The van der Waals surface area contributed by atoms with Crippen molar-refractivity contribution in [3.8, 4) is 0 Å². The van der Waals surface area contributed by atoms with Crippen molar-refractivity contribution in [3.05, 3.63) is 75.3 Å². The largest absolute Gasteiger partial charge is 0.331 e. The van der Waals surface area contributed by atoms with E-state index < -0.39 is 28.6 Å². The predicted octanol–water partition coefficient (Wildman–Crippen LogP) is 3.78. The average Bonchev–Trinajstić information content (AvgIpc) is 2.58. The number of benzene rings is 2. The number of nitrogens with one attached hydrogen (secondary N) is 1. The summed E-state index contributed by atoms with van der Waals surface area (Å²) in [7, 11) is 1.51. The highest BCUT2D eigenvalue weighted by Crippen LogP contribution is 2.19. The zero-order valence-electron chi connectivity index (χ0n) is 13.7. The van der Waals surface area contributed by atoms with Gasteiger partial charge in [-0.05, 0) is 30.2 Å². The van der Waals surface area contributed by atoms with Crippen molar-refractivity contribution in [3.63, 3.8) is 0 Å². The third-order valence-electron chi connectivity index (χ3n) is 3.67. The second-order valence-corrected chi connectivity index (χ2v) is 5.63. The molecule has 2 aromatic rings. The summed E-state index contributed by atoms with van der Waals surface area (Å²) in [4.78, 5) is 23.8. The zero-order valence-corrected chi connectivity index (χ0v) is 13.7. The molecule has 0 aliphatic rings. The van der Waals surface area contributed by atoms with E-state index in [2.05, 4.69) is 5.32 Å². The Labute approximate surface area is 143 Å². The van der Waals surface area contributed by atoms with Gasteiger partial charge < -0.3 is 10.2 Å². The predicted molar refractivity (Wildman–Crippen MR) is 87.9 cm³/mol. The number of halogens is 2. The summed E-state index contributed by atoms with van der Waals surface area (Å²) in [5.41, 5.74) is 0.970. The van der Waals surface area contributed by atoms with E-state index in [4.69, 9.17) is 0 Å². The van der Waals surface area contributed by atoms with Crippen LogP contribution in [0.1, 0.15) is 24.1 Å². The SMILES string of the molecule is C[C@H](NC(=O)N(C)Cc1ccc(F)c(F)c1)c1cccc([N+](=O)[O-])c1. The minimum atomic E-state index is -0.976. The number of non-ortho nitro benzene ring substituents is 1. The maximum atomic E-state index is 13.2. The highest BCUT2D eigenvalue weighted by atomic mass is 19.2. The minimum Gasteiger partial charge on any atom is -0.331 e. The summed E-state index contributed by atoms with van der Waals surface area (Å²) in [6.45, 7) is 1.78. The minimum absolute atomic E-state index is 0.0614. The van der Waals surface area contributed by atoms with E-state index in [1.54, 1.807) is 19.1 Å². The zero-order chi connectivity index (χ0) is 18.6. The lowest BCUT2D eigenvalue weighted by atomic mass is 10.1. The molecule has 0 fully saturated rings. The maximum absolute atomic E-state index is 13.2. The van der Waals surface area contributed by atoms with E-state index in [0.717, 1.165) is 12.1 Å². The van der Waals surface area contributed by atoms with E-state index in [9.17, 15) is 23.7 Å². The first-order chi connectivity index (χ1) is 11.8. The lowest BCUT2D eigenvalue weighted by Gasteiger charge is -2.21. The molecule has 0 bridgehead atoms. The molecule has 132 valence electrons. The Kier molecular flexibility index (Phi) is 5.63. The Balaban J connectivity index is 2.01. The molecular weight excluding hydrogens is 332 g/mol. The first-order valence-corrected chi connectivity index (χ1v) is 7.48. The molecular formula is C17H17F2N3O3. The van der Waals surface area contributed by atoms with Crippen molar-refractivity contribution in [2.24, 2.45) is 0 Å². The van der Waals surface area contributed by atoms with Crippen LogP contribution in [-0.2, 0) is 6.54 Å². The second kappa shape index (κ2) is 7.69. The number of hydrogen-bond donors (Lipinski definition) is 1. The molecule has 0 aromatic heterocycles. The summed E-state index contributed by atoms with van der Waals surface area (Å²) >= 11 is 0. The maximum Gasteiger partial charge on any atom is 0.317 e. The Bertz CT molecular complexity index is 798. The topological polar surface area (TPSA) is 75.5 Å². The summed E-state index contributed by atoms with van der Waals surface area (Å²) in [5.74, 6) is -1.92. The van der Waals surface area contributed by atoms with Crippen molar-refractivity contribution in [1.82, 2.24) is 10.2 Å². The Morgan fingerprint density at radius 2 is 1.96 bits per heavy atom. The van der Waals surface area contributed by atoms with Crippen LogP contribution < -0.4 is 5.32 Å². The van der Waals surface area contributed by atoms with Crippen molar-refractivity contribution in [2.45, 2.75) is 19.5 Å². The van der Waals surface area contributed by atoms with Gasteiger partial charge in [-0.2, -0.15) is 0 Å². The van der Waals surface area contributed by atoms with Crippen LogP contribution in [0.3, 0.4) is 0 Å². The lowest BCUT2D eigenvalue weighted by molar-refractivity contribution is -0.384. The standard InChI is InChI=1S/C17H17F2N3O3/c1-11(13-4-3-5-14(9-13)22(24)25)20-17(23)21(2)10-12-6-7-15(18)16(19)8-12/h3-9,11H,10H2,1-2H3,(H,20,23)/t11-/m0/s1. The van der Waals surface area contributed by atoms with Crippen molar-refractivity contribution >= 4 is 11.7 Å². The Hall–Kier alpha value is -3.03. The quantitative estimate of drug-likeness (QED) is 0.659. The molecule has 2 rings (SSSR count). The van der Waals surface area contributed by atoms with Crippen LogP contribution in [-0.4, -0.2) is 22.9 Å². The van der Waals surface area contributed by atoms with Crippen LogP contribution >= 0.6 is 0 Å². The highest BCUT2D eigenvalue weighted by Gasteiger charge is 2.16. The van der Waals surface area contributed by atoms with Gasteiger partial charge in [0, 0.05) is 25.7 Å². The summed E-state index contributed by atoms with van der Waals surface area (Å²) < 4.78 is 26.1. The van der Waals surface area contributed by atoms with E-state index in [1.807, 2.05) is 0 Å². The van der Waals surface area contributed by atoms with Gasteiger partial charge in [0.15, 0.2) is 11.6 Å². The van der Waals surface area contributed by atoms with Crippen molar-refractivity contribution in [2.75, 3.05) is 7.05 Å². The fourth-order valence-electron chi connectivity index (χ4n) is 2.27. The van der Waals surface area contributed by atoms with Gasteiger partial charge in [-0.3, -0.25) is 10.1 Å². The lowest BCUT2D eigenvalue weighted by Crippen LogP contribution is -2.38. The van der Waals surface area contributed by atoms with E-state index in [1.165, 1.54) is 30.1 Å². The van der Waals surface area contributed by atoms with Gasteiger partial charge >= 0.3 is 6.03 Å². The van der Waals surface area contributed by atoms with Crippen LogP contribution in [0.4, 0.5) is 19.3 Å². The number of carbonyl (C=O) groups is 1. The second-order valence-electron chi connectivity index (χ2n) is 5.63. The number of rotatable bonds is 5. The number of carbonyl (C=O) groups excluding carboxylic acids is 1. The van der Waals surface area contributed by atoms with Crippen LogP contribution in [0.15, 0.2) is 42.5 Å². The smallest absolute Gasteiger partial charge is 0.317 e. The molecule has 2 amide bonds. The Morgan fingerprint density at radius 3 is 2.60 bits per heavy atom. The van der Waals surface area contributed by atoms with Gasteiger partial charge in [0.25, 0.3) is 5.69 Å². The third kappa shape index (κ3) is 4.72. The number of nitro benzene ring substituents is 1. The normalized spacial score (nSPS) is 11.7. The molecule has 0 radical (unpaired) electrons. The van der Waals surface area contributed by atoms with Crippen LogP contribution in [0, 0.1) is 21.7 Å². The van der Waals surface area contributed by atoms with E-state index in [0.29, 0.717) is 11.1 Å². The number of hydrogen-bond acceptors (Lipinski definition) is 3. The van der Waals surface area contributed by atoms with Gasteiger partial charge in [-0.1, -0.05) is 18.2 Å². The molecule has 0 aliphatic heterocycles. The first-order valence-electron chi connectivity index (χ1n) is 7.48. The first kappa shape index (κ1) is 18.3. The molecule has 6 nitrogen and oxygen atoms in total. The molecule has 0 spiro atoms. The van der Waals surface area contributed by atoms with Gasteiger partial charge in [-0.15, -0.1) is 0 Å². The average molecular weight is 349 g/mol. The van der Waals surface area contributed by atoms with Gasteiger partial charge in [0.1, 0.15) is 0 Å². The molecule has 0 saturated carbocycles. The number of amides is 2.